The van der Waals surface area contributed by atoms with Crippen LogP contribution >= 0.6 is 7.91 Å². The monoisotopic (exact) mass is 154 g/mol. The molecule has 1 rings (SSSR count). The Hall–Kier alpha value is 0.612. The lowest BCUT2D eigenvalue weighted by molar-refractivity contribution is 0.238. The van der Waals surface area contributed by atoms with Gasteiger partial charge in [-0.15, -0.1) is 4.20 Å². The SMILES string of the molecule is C[CH2][Al]1[O]P(=O)(F)[O]1. The number of halogens is 1. The first-order valence-electron chi connectivity index (χ1n) is 2.30. The van der Waals surface area contributed by atoms with Crippen LogP contribution in [0.25, 0.3) is 0 Å². The molecule has 1 heterocycles. The first-order valence-corrected chi connectivity index (χ1v) is 5.50. The molecule has 0 amide bonds. The van der Waals surface area contributed by atoms with Gasteiger partial charge in [-0.25, -0.2) is 4.57 Å². The molecule has 1 aliphatic heterocycles. The molecule has 0 aromatic heterocycles. The standard InChI is InChI=1S/C2H5.Al.FH2O3P/c1-2;;1-5(2,3)4/h1H2,2H3;;(H2,2,3,4)/q;+2;/p-2. The molecular formula is C2H5AlFO3P. The zero-order valence-corrected chi connectivity index (χ0v) is 6.38. The summed E-state index contributed by atoms with van der Waals surface area (Å²) in [4.78, 5) is 0. The highest BCUT2D eigenvalue weighted by atomic mass is 31.2. The first kappa shape index (κ1) is 6.73. The lowest BCUT2D eigenvalue weighted by atomic mass is 11.0. The number of hydrogen-bond acceptors (Lipinski definition) is 3. The average molecular weight is 154 g/mol. The molecule has 8 heavy (non-hydrogen) atoms. The van der Waals surface area contributed by atoms with Gasteiger partial charge in [0.25, 0.3) is 0 Å². The van der Waals surface area contributed by atoms with Crippen molar-refractivity contribution >= 4 is 22.7 Å². The van der Waals surface area contributed by atoms with Crippen LogP contribution in [0.4, 0.5) is 4.20 Å². The van der Waals surface area contributed by atoms with Gasteiger partial charge in [0.1, 0.15) is 0 Å². The minimum absolute atomic E-state index is 0.675. The lowest BCUT2D eigenvalue weighted by Gasteiger charge is -2.24. The third kappa shape index (κ3) is 1.31. The summed E-state index contributed by atoms with van der Waals surface area (Å²) in [7, 11) is -3.98. The Labute approximate surface area is 51.5 Å². The molecule has 6 heteroatoms. The van der Waals surface area contributed by atoms with E-state index in [1.807, 2.05) is 6.92 Å². The van der Waals surface area contributed by atoms with Crippen molar-refractivity contribution in [1.82, 2.24) is 0 Å². The molecule has 1 fully saturated rings. The second kappa shape index (κ2) is 2.09. The average Bonchev–Trinajstić information content (AvgIpc) is 1.60. The molecule has 0 aliphatic carbocycles. The molecule has 3 nitrogen and oxygen atoms in total. The van der Waals surface area contributed by atoms with Crippen molar-refractivity contribution in [2.45, 2.75) is 12.2 Å². The van der Waals surface area contributed by atoms with E-state index in [1.54, 1.807) is 0 Å². The van der Waals surface area contributed by atoms with Crippen LogP contribution in [0.2, 0.25) is 5.28 Å². The van der Waals surface area contributed by atoms with E-state index in [1.165, 1.54) is 0 Å². The minimum atomic E-state index is -3.98. The maximum Gasteiger partial charge on any atom is 0.691 e. The van der Waals surface area contributed by atoms with Gasteiger partial charge in [0.2, 0.25) is 0 Å². The van der Waals surface area contributed by atoms with E-state index in [0.717, 1.165) is 0 Å². The fourth-order valence-corrected chi connectivity index (χ4v) is 3.94. The van der Waals surface area contributed by atoms with Gasteiger partial charge in [-0.2, -0.15) is 0 Å². The number of rotatable bonds is 1. The van der Waals surface area contributed by atoms with Crippen molar-refractivity contribution < 1.29 is 15.9 Å². The lowest BCUT2D eigenvalue weighted by Crippen LogP contribution is -2.27. The molecule has 46 valence electrons. The molecule has 1 saturated heterocycles. The predicted molar refractivity (Wildman–Crippen MR) is 27.1 cm³/mol. The summed E-state index contributed by atoms with van der Waals surface area (Å²) in [6, 6.07) is 0. The molecular weight excluding hydrogens is 149 g/mol. The fourth-order valence-electron chi connectivity index (χ4n) is 0.438. The Balaban J connectivity index is 2.32. The highest BCUT2D eigenvalue weighted by molar-refractivity contribution is 7.54. The highest BCUT2D eigenvalue weighted by Crippen LogP contribution is 2.59. The molecule has 0 radical (unpaired) electrons. The molecule has 0 unspecified atom stereocenters. The van der Waals surface area contributed by atoms with E-state index < -0.39 is 22.7 Å². The van der Waals surface area contributed by atoms with Gasteiger partial charge >= 0.3 is 22.7 Å². The topological polar surface area (TPSA) is 35.5 Å². The van der Waals surface area contributed by atoms with Crippen LogP contribution < -0.4 is 0 Å². The Morgan fingerprint density at radius 2 is 2.25 bits per heavy atom. The van der Waals surface area contributed by atoms with Crippen molar-refractivity contribution in [3.8, 4) is 0 Å². The molecule has 0 atom stereocenters. The Kier molecular flexibility index (Phi) is 1.76. The predicted octanol–water partition coefficient (Wildman–Crippen LogP) is 1.62. The van der Waals surface area contributed by atoms with E-state index in [-0.39, 0.29) is 0 Å². The summed E-state index contributed by atoms with van der Waals surface area (Å²) in [6.07, 6.45) is 0. The van der Waals surface area contributed by atoms with Crippen molar-refractivity contribution in [3.05, 3.63) is 0 Å². The number of hydrogen-bond donors (Lipinski definition) is 0. The van der Waals surface area contributed by atoms with Gasteiger partial charge in [0.05, 0.1) is 0 Å². The summed E-state index contributed by atoms with van der Waals surface area (Å²) < 4.78 is 30.3. The zero-order chi connectivity index (χ0) is 6.20. The van der Waals surface area contributed by atoms with Crippen LogP contribution in [-0.2, 0) is 11.7 Å². The van der Waals surface area contributed by atoms with Crippen LogP contribution in [0.1, 0.15) is 6.92 Å². The van der Waals surface area contributed by atoms with Crippen LogP contribution in [0.15, 0.2) is 0 Å². The summed E-state index contributed by atoms with van der Waals surface area (Å²) in [5.41, 5.74) is 0. The molecule has 0 aromatic carbocycles. The quantitative estimate of drug-likeness (QED) is 0.425. The second-order valence-corrected chi connectivity index (χ2v) is 5.70. The molecule has 0 aromatic rings. The molecule has 0 bridgehead atoms. The van der Waals surface area contributed by atoms with Crippen molar-refractivity contribution in [3.63, 3.8) is 0 Å². The summed E-state index contributed by atoms with van der Waals surface area (Å²) in [5, 5.41) is 0.675. The van der Waals surface area contributed by atoms with Crippen LogP contribution in [-0.4, -0.2) is 14.8 Å². The van der Waals surface area contributed by atoms with Gasteiger partial charge in [0.15, 0.2) is 0 Å². The normalized spacial score (nSPS) is 25.0. The van der Waals surface area contributed by atoms with Crippen molar-refractivity contribution in [2.24, 2.45) is 0 Å². The molecule has 0 saturated carbocycles. The Morgan fingerprint density at radius 1 is 1.75 bits per heavy atom. The largest absolute Gasteiger partial charge is 0.691 e. The summed E-state index contributed by atoms with van der Waals surface area (Å²) >= 11 is -1.74. The Morgan fingerprint density at radius 3 is 2.38 bits per heavy atom. The minimum Gasteiger partial charge on any atom is -0.385 e. The maximum absolute atomic E-state index is 11.8. The van der Waals surface area contributed by atoms with Crippen molar-refractivity contribution in [2.75, 3.05) is 0 Å². The van der Waals surface area contributed by atoms with Gasteiger partial charge in [-0.05, 0) is 5.28 Å². The van der Waals surface area contributed by atoms with Gasteiger partial charge in [-0.3, -0.25) is 0 Å². The maximum atomic E-state index is 11.8. The van der Waals surface area contributed by atoms with E-state index in [2.05, 4.69) is 7.15 Å². The summed E-state index contributed by atoms with van der Waals surface area (Å²) in [5.74, 6) is 0. The van der Waals surface area contributed by atoms with Crippen LogP contribution in [0, 0.1) is 0 Å². The smallest absolute Gasteiger partial charge is 0.385 e. The van der Waals surface area contributed by atoms with Gasteiger partial charge < -0.3 is 7.15 Å². The van der Waals surface area contributed by atoms with Crippen LogP contribution in [0.3, 0.4) is 0 Å². The molecule has 1 aliphatic rings. The molecule has 0 spiro atoms. The fraction of sp³-hybridized carbons (Fsp3) is 1.00. The van der Waals surface area contributed by atoms with Crippen molar-refractivity contribution in [1.29, 1.82) is 0 Å². The second-order valence-electron chi connectivity index (χ2n) is 1.48. The van der Waals surface area contributed by atoms with E-state index in [9.17, 15) is 8.76 Å². The highest BCUT2D eigenvalue weighted by Gasteiger charge is 2.49. The van der Waals surface area contributed by atoms with E-state index in [0.29, 0.717) is 5.28 Å². The third-order valence-electron chi connectivity index (χ3n) is 0.820. The van der Waals surface area contributed by atoms with E-state index in [4.69, 9.17) is 0 Å². The van der Waals surface area contributed by atoms with Gasteiger partial charge in [-0.1, -0.05) is 6.92 Å². The third-order valence-corrected chi connectivity index (χ3v) is 5.38. The van der Waals surface area contributed by atoms with Gasteiger partial charge in [0, 0.05) is 0 Å². The summed E-state index contributed by atoms with van der Waals surface area (Å²) in [6.45, 7) is 1.82. The Bertz CT molecular complexity index is 129. The molecule has 0 N–H and O–H groups in total. The zero-order valence-electron chi connectivity index (χ0n) is 4.33. The first-order chi connectivity index (χ1) is 3.64. The van der Waals surface area contributed by atoms with E-state index >= 15 is 0 Å². The van der Waals surface area contributed by atoms with Crippen LogP contribution in [0.5, 0.6) is 0 Å².